The lowest BCUT2D eigenvalue weighted by Crippen LogP contribution is -2.04. The van der Waals surface area contributed by atoms with Crippen molar-refractivity contribution in [2.45, 2.75) is 20.1 Å². The third kappa shape index (κ3) is 1.36. The Hall–Kier alpha value is -1.32. The average molecular weight is 232 g/mol. The first kappa shape index (κ1) is 9.87. The van der Waals surface area contributed by atoms with Gasteiger partial charge in [0, 0.05) is 16.7 Å². The molecular weight excluding hydrogens is 220 g/mol. The Kier molecular flexibility index (Phi) is 2.23. The Bertz CT molecular complexity index is 543. The van der Waals surface area contributed by atoms with Gasteiger partial charge >= 0.3 is 0 Å². The summed E-state index contributed by atoms with van der Waals surface area (Å²) in [6.45, 7) is 2.74. The van der Waals surface area contributed by atoms with Crippen molar-refractivity contribution in [2.24, 2.45) is 0 Å². The molecule has 16 heavy (non-hydrogen) atoms. The van der Waals surface area contributed by atoms with Crippen LogP contribution in [0.3, 0.4) is 0 Å². The summed E-state index contributed by atoms with van der Waals surface area (Å²) in [7, 11) is 0. The minimum Gasteiger partial charge on any atom is -0.488 e. The van der Waals surface area contributed by atoms with Crippen molar-refractivity contribution in [3.05, 3.63) is 39.6 Å². The second kappa shape index (κ2) is 3.61. The number of thiophene rings is 1. The molecular formula is C13H12O2S. The molecule has 0 radical (unpaired) electrons. The lowest BCUT2D eigenvalue weighted by atomic mass is 9.97. The molecule has 0 bridgehead atoms. The van der Waals surface area contributed by atoms with E-state index >= 15 is 0 Å². The molecule has 0 saturated carbocycles. The first-order valence-corrected chi connectivity index (χ1v) is 6.16. The predicted molar refractivity (Wildman–Crippen MR) is 64.7 cm³/mol. The Morgan fingerprint density at radius 1 is 1.31 bits per heavy atom. The smallest absolute Gasteiger partial charge is 0.127 e. The van der Waals surface area contributed by atoms with Crippen LogP contribution in [0.25, 0.3) is 11.1 Å². The average Bonchev–Trinajstić information content (AvgIpc) is 2.76. The molecule has 0 saturated heterocycles. The van der Waals surface area contributed by atoms with Crippen molar-refractivity contribution in [2.75, 3.05) is 0 Å². The van der Waals surface area contributed by atoms with Gasteiger partial charge in [-0.3, -0.25) is 0 Å². The SMILES string of the molecule is Cc1cc2c(cc1CO)-c1cscc1CO2. The number of hydrogen-bond donors (Lipinski definition) is 1. The molecule has 0 fully saturated rings. The number of aryl methyl sites for hydroxylation is 1. The fourth-order valence-corrected chi connectivity index (χ4v) is 2.90. The molecule has 82 valence electrons. The Morgan fingerprint density at radius 2 is 2.19 bits per heavy atom. The molecule has 0 aliphatic carbocycles. The molecule has 1 aromatic carbocycles. The molecule has 2 aromatic rings. The second-order valence-corrected chi connectivity index (χ2v) is 4.78. The van der Waals surface area contributed by atoms with Crippen LogP contribution in [0, 0.1) is 6.92 Å². The molecule has 3 heteroatoms. The highest BCUT2D eigenvalue weighted by Crippen LogP contribution is 2.40. The van der Waals surface area contributed by atoms with Crippen LogP contribution >= 0.6 is 11.3 Å². The number of rotatable bonds is 1. The normalized spacial score (nSPS) is 12.9. The molecule has 1 aliphatic rings. The number of aliphatic hydroxyl groups excluding tert-OH is 1. The zero-order valence-corrected chi connectivity index (χ0v) is 9.80. The van der Waals surface area contributed by atoms with Gasteiger partial charge in [-0.15, -0.1) is 0 Å². The van der Waals surface area contributed by atoms with E-state index in [-0.39, 0.29) is 6.61 Å². The zero-order valence-electron chi connectivity index (χ0n) is 8.99. The quantitative estimate of drug-likeness (QED) is 0.818. The van der Waals surface area contributed by atoms with Gasteiger partial charge in [0.25, 0.3) is 0 Å². The van der Waals surface area contributed by atoms with Crippen LogP contribution in [0.5, 0.6) is 5.75 Å². The summed E-state index contributed by atoms with van der Waals surface area (Å²) in [6, 6.07) is 4.05. The summed E-state index contributed by atoms with van der Waals surface area (Å²) in [5, 5.41) is 13.5. The Morgan fingerprint density at radius 3 is 3.00 bits per heavy atom. The molecule has 1 N–H and O–H groups in total. The summed E-state index contributed by atoms with van der Waals surface area (Å²) in [5.74, 6) is 0.931. The molecule has 2 heterocycles. The second-order valence-electron chi connectivity index (χ2n) is 4.03. The van der Waals surface area contributed by atoms with E-state index in [1.807, 2.05) is 19.1 Å². The van der Waals surface area contributed by atoms with Crippen LogP contribution in [0.1, 0.15) is 16.7 Å². The largest absolute Gasteiger partial charge is 0.488 e. The number of hydrogen-bond acceptors (Lipinski definition) is 3. The van der Waals surface area contributed by atoms with Gasteiger partial charge in [0.15, 0.2) is 0 Å². The molecule has 0 unspecified atom stereocenters. The fourth-order valence-electron chi connectivity index (χ4n) is 2.05. The van der Waals surface area contributed by atoms with Gasteiger partial charge in [0.2, 0.25) is 0 Å². The van der Waals surface area contributed by atoms with Gasteiger partial charge in [0.1, 0.15) is 12.4 Å². The third-order valence-electron chi connectivity index (χ3n) is 3.02. The summed E-state index contributed by atoms with van der Waals surface area (Å²) >= 11 is 1.69. The summed E-state index contributed by atoms with van der Waals surface area (Å²) in [6.07, 6.45) is 0. The van der Waals surface area contributed by atoms with E-state index in [1.54, 1.807) is 11.3 Å². The van der Waals surface area contributed by atoms with Crippen LogP contribution < -0.4 is 4.74 Å². The molecule has 0 spiro atoms. The van der Waals surface area contributed by atoms with Crippen molar-refractivity contribution in [3.8, 4) is 16.9 Å². The standard InChI is InChI=1S/C13H12O2S/c1-8-2-13-11(3-9(8)4-14)12-7-16-6-10(12)5-15-13/h2-3,6-7,14H,4-5H2,1H3. The number of aliphatic hydroxyl groups is 1. The third-order valence-corrected chi connectivity index (χ3v) is 3.82. The van der Waals surface area contributed by atoms with Crippen LogP contribution in [-0.4, -0.2) is 5.11 Å². The maximum atomic E-state index is 9.28. The minimum atomic E-state index is 0.0819. The van der Waals surface area contributed by atoms with Crippen molar-refractivity contribution < 1.29 is 9.84 Å². The molecule has 3 rings (SSSR count). The van der Waals surface area contributed by atoms with Crippen LogP contribution in [0.2, 0.25) is 0 Å². The Labute approximate surface area is 98.1 Å². The maximum absolute atomic E-state index is 9.28. The van der Waals surface area contributed by atoms with E-state index in [0.717, 1.165) is 22.4 Å². The summed E-state index contributed by atoms with van der Waals surface area (Å²) in [4.78, 5) is 0. The van der Waals surface area contributed by atoms with Gasteiger partial charge < -0.3 is 9.84 Å². The fraction of sp³-hybridized carbons (Fsp3) is 0.231. The molecule has 1 aromatic heterocycles. The van der Waals surface area contributed by atoms with Crippen molar-refractivity contribution in [3.63, 3.8) is 0 Å². The monoisotopic (exact) mass is 232 g/mol. The number of ether oxygens (including phenoxy) is 1. The lowest BCUT2D eigenvalue weighted by molar-refractivity contribution is 0.279. The van der Waals surface area contributed by atoms with Gasteiger partial charge in [-0.05, 0) is 40.9 Å². The summed E-state index contributed by atoms with van der Waals surface area (Å²) < 4.78 is 5.71. The van der Waals surface area contributed by atoms with Crippen molar-refractivity contribution in [1.29, 1.82) is 0 Å². The minimum absolute atomic E-state index is 0.0819. The number of fused-ring (bicyclic) bond motifs is 3. The van der Waals surface area contributed by atoms with Gasteiger partial charge in [-0.2, -0.15) is 11.3 Å². The Balaban J connectivity index is 2.24. The lowest BCUT2D eigenvalue weighted by Gasteiger charge is -2.19. The van der Waals surface area contributed by atoms with Crippen molar-refractivity contribution in [1.82, 2.24) is 0 Å². The zero-order chi connectivity index (χ0) is 11.1. The van der Waals surface area contributed by atoms with Gasteiger partial charge in [-0.25, -0.2) is 0 Å². The van der Waals surface area contributed by atoms with E-state index in [1.165, 1.54) is 11.1 Å². The first-order chi connectivity index (χ1) is 7.79. The van der Waals surface area contributed by atoms with Crippen LogP contribution in [0.4, 0.5) is 0 Å². The first-order valence-electron chi connectivity index (χ1n) is 5.22. The van der Waals surface area contributed by atoms with E-state index < -0.39 is 0 Å². The topological polar surface area (TPSA) is 29.5 Å². The highest BCUT2D eigenvalue weighted by atomic mass is 32.1. The highest BCUT2D eigenvalue weighted by molar-refractivity contribution is 7.08. The van der Waals surface area contributed by atoms with E-state index in [0.29, 0.717) is 6.61 Å². The highest BCUT2D eigenvalue weighted by Gasteiger charge is 2.19. The molecule has 0 amide bonds. The predicted octanol–water partition coefficient (Wildman–Crippen LogP) is 3.11. The van der Waals surface area contributed by atoms with E-state index in [2.05, 4.69) is 10.8 Å². The maximum Gasteiger partial charge on any atom is 0.127 e. The summed E-state index contributed by atoms with van der Waals surface area (Å²) in [5.41, 5.74) is 5.66. The van der Waals surface area contributed by atoms with Gasteiger partial charge in [-0.1, -0.05) is 0 Å². The molecule has 0 atom stereocenters. The molecule has 1 aliphatic heterocycles. The van der Waals surface area contributed by atoms with Crippen LogP contribution in [-0.2, 0) is 13.2 Å². The van der Waals surface area contributed by atoms with Gasteiger partial charge in [0.05, 0.1) is 6.61 Å². The van der Waals surface area contributed by atoms with Crippen molar-refractivity contribution >= 4 is 11.3 Å². The number of benzene rings is 1. The van der Waals surface area contributed by atoms with Crippen LogP contribution in [0.15, 0.2) is 22.9 Å². The van der Waals surface area contributed by atoms with E-state index in [4.69, 9.17) is 4.74 Å². The molecule has 2 nitrogen and oxygen atoms in total. The van der Waals surface area contributed by atoms with E-state index in [9.17, 15) is 5.11 Å².